The number of rotatable bonds is 8. The number of anilines is 1. The van der Waals surface area contributed by atoms with Crippen LogP contribution >= 0.6 is 0 Å². The van der Waals surface area contributed by atoms with Crippen molar-refractivity contribution in [2.75, 3.05) is 18.1 Å². The van der Waals surface area contributed by atoms with Crippen LogP contribution in [0.4, 0.5) is 5.69 Å². The lowest BCUT2D eigenvalue weighted by molar-refractivity contribution is 0.0526. The second-order valence-corrected chi connectivity index (χ2v) is 8.76. The zero-order valence-electron chi connectivity index (χ0n) is 21.2. The van der Waals surface area contributed by atoms with Crippen LogP contribution in [-0.4, -0.2) is 35.3 Å². The van der Waals surface area contributed by atoms with Gasteiger partial charge in [0, 0.05) is 16.8 Å². The third-order valence-electron chi connectivity index (χ3n) is 6.57. The average Bonchev–Trinajstić information content (AvgIpc) is 3.48. The molecule has 0 aliphatic carbocycles. The highest BCUT2D eigenvalue weighted by molar-refractivity contribution is 6.12. The quantitative estimate of drug-likeness (QED) is 0.305. The minimum Gasteiger partial charge on any atom is -0.494 e. The number of carbonyl (C=O) groups excluding carboxylic acids is 2. The Morgan fingerprint density at radius 3 is 2.24 bits per heavy atom. The summed E-state index contributed by atoms with van der Waals surface area (Å²) in [6.45, 7) is 6.72. The summed E-state index contributed by atoms with van der Waals surface area (Å²) in [5, 5.41) is 7.55. The standard InChI is InChI=1S/C30H29N3O4/c1-4-19-7-9-21(10-8-19)28-25-26(20-13-17-24(18-14-20)36-5-2)31-32-27(25)29(34)33(28)23-15-11-22(12-16-23)30(35)37-6-3/h7-18,28H,4-6H2,1-3H3,(H,31,32)/t28-/m1/s1. The van der Waals surface area contributed by atoms with E-state index in [1.165, 1.54) is 5.56 Å². The van der Waals surface area contributed by atoms with Gasteiger partial charge in [-0.2, -0.15) is 5.10 Å². The fourth-order valence-electron chi connectivity index (χ4n) is 4.73. The number of hydrogen-bond donors (Lipinski definition) is 1. The highest BCUT2D eigenvalue weighted by atomic mass is 16.5. The summed E-state index contributed by atoms with van der Waals surface area (Å²) in [5.41, 5.74) is 6.23. The normalized spacial score (nSPS) is 14.5. The van der Waals surface area contributed by atoms with Gasteiger partial charge in [-0.1, -0.05) is 31.2 Å². The van der Waals surface area contributed by atoms with Crippen LogP contribution in [0.15, 0.2) is 72.8 Å². The molecule has 5 rings (SSSR count). The van der Waals surface area contributed by atoms with Crippen LogP contribution in [0.2, 0.25) is 0 Å². The number of esters is 1. The summed E-state index contributed by atoms with van der Waals surface area (Å²) in [4.78, 5) is 27.7. The van der Waals surface area contributed by atoms with E-state index in [4.69, 9.17) is 9.47 Å². The number of nitrogens with zero attached hydrogens (tertiary/aromatic N) is 2. The zero-order valence-corrected chi connectivity index (χ0v) is 21.2. The van der Waals surface area contributed by atoms with Crippen molar-refractivity contribution in [3.63, 3.8) is 0 Å². The molecule has 1 amide bonds. The maximum absolute atomic E-state index is 13.8. The van der Waals surface area contributed by atoms with E-state index >= 15 is 0 Å². The predicted octanol–water partition coefficient (Wildman–Crippen LogP) is 5.96. The number of aromatic amines is 1. The summed E-state index contributed by atoms with van der Waals surface area (Å²) in [6, 6.07) is 22.6. The van der Waals surface area contributed by atoms with Crippen molar-refractivity contribution in [1.29, 1.82) is 0 Å². The summed E-state index contributed by atoms with van der Waals surface area (Å²) in [5.74, 6) is 0.221. The minimum atomic E-state index is -0.388. The van der Waals surface area contributed by atoms with Gasteiger partial charge in [0.05, 0.1) is 30.5 Å². The molecular formula is C30H29N3O4. The first-order valence-corrected chi connectivity index (χ1v) is 12.6. The lowest BCUT2D eigenvalue weighted by Crippen LogP contribution is -2.29. The van der Waals surface area contributed by atoms with E-state index in [-0.39, 0.29) is 17.9 Å². The molecule has 0 bridgehead atoms. The van der Waals surface area contributed by atoms with Gasteiger partial charge < -0.3 is 9.47 Å². The van der Waals surface area contributed by atoms with Crippen molar-refractivity contribution in [1.82, 2.24) is 10.2 Å². The molecule has 2 heterocycles. The number of amides is 1. The fraction of sp³-hybridized carbons (Fsp3) is 0.233. The number of hydrogen-bond acceptors (Lipinski definition) is 5. The van der Waals surface area contributed by atoms with Gasteiger partial charge in [0.15, 0.2) is 0 Å². The van der Waals surface area contributed by atoms with E-state index < -0.39 is 0 Å². The Bertz CT molecular complexity index is 1410. The Kier molecular flexibility index (Phi) is 6.77. The molecule has 188 valence electrons. The maximum Gasteiger partial charge on any atom is 0.338 e. The van der Waals surface area contributed by atoms with Crippen LogP contribution in [0.25, 0.3) is 11.3 Å². The molecular weight excluding hydrogens is 466 g/mol. The molecule has 7 heteroatoms. The summed E-state index contributed by atoms with van der Waals surface area (Å²) < 4.78 is 10.7. The van der Waals surface area contributed by atoms with Crippen molar-refractivity contribution in [2.24, 2.45) is 0 Å². The number of H-pyrrole nitrogens is 1. The van der Waals surface area contributed by atoms with E-state index in [2.05, 4.69) is 41.4 Å². The van der Waals surface area contributed by atoms with Crippen LogP contribution in [0.3, 0.4) is 0 Å². The van der Waals surface area contributed by atoms with Crippen LogP contribution in [-0.2, 0) is 11.2 Å². The van der Waals surface area contributed by atoms with Crippen LogP contribution in [0.1, 0.15) is 64.3 Å². The van der Waals surface area contributed by atoms with Gasteiger partial charge in [-0.05, 0) is 79.9 Å². The first-order chi connectivity index (χ1) is 18.0. The van der Waals surface area contributed by atoms with Gasteiger partial charge >= 0.3 is 5.97 Å². The third-order valence-corrected chi connectivity index (χ3v) is 6.57. The summed E-state index contributed by atoms with van der Waals surface area (Å²) >= 11 is 0. The van der Waals surface area contributed by atoms with Gasteiger partial charge in [-0.15, -0.1) is 0 Å². The SMILES string of the molecule is CCOC(=O)c1ccc(N2C(=O)c3[nH]nc(-c4ccc(OCC)cc4)c3[C@H]2c2ccc(CC)cc2)cc1. The van der Waals surface area contributed by atoms with E-state index in [0.29, 0.717) is 30.2 Å². The first-order valence-electron chi connectivity index (χ1n) is 12.6. The Balaban J connectivity index is 1.60. The van der Waals surface area contributed by atoms with Gasteiger partial charge in [0.25, 0.3) is 5.91 Å². The molecule has 0 unspecified atom stereocenters. The summed E-state index contributed by atoms with van der Waals surface area (Å²) in [7, 11) is 0. The monoisotopic (exact) mass is 495 g/mol. The molecule has 1 N–H and O–H groups in total. The minimum absolute atomic E-state index is 0.173. The second-order valence-electron chi connectivity index (χ2n) is 8.76. The molecule has 1 aliphatic rings. The largest absolute Gasteiger partial charge is 0.494 e. The number of fused-ring (bicyclic) bond motifs is 1. The van der Waals surface area contributed by atoms with Crippen molar-refractivity contribution in [2.45, 2.75) is 33.2 Å². The van der Waals surface area contributed by atoms with Gasteiger partial charge in [0.1, 0.15) is 11.4 Å². The van der Waals surface area contributed by atoms with E-state index in [9.17, 15) is 9.59 Å². The Morgan fingerprint density at radius 2 is 1.62 bits per heavy atom. The van der Waals surface area contributed by atoms with Gasteiger partial charge in [-0.25, -0.2) is 4.79 Å². The Labute approximate surface area is 216 Å². The average molecular weight is 496 g/mol. The van der Waals surface area contributed by atoms with Gasteiger partial charge in [0.2, 0.25) is 0 Å². The second kappa shape index (κ2) is 10.3. The molecule has 1 aliphatic heterocycles. The Hall–Kier alpha value is -4.39. The van der Waals surface area contributed by atoms with E-state index in [0.717, 1.165) is 34.6 Å². The topological polar surface area (TPSA) is 84.5 Å². The molecule has 37 heavy (non-hydrogen) atoms. The lowest BCUT2D eigenvalue weighted by Gasteiger charge is -2.27. The molecule has 0 saturated carbocycles. The van der Waals surface area contributed by atoms with E-state index in [1.807, 2.05) is 31.2 Å². The van der Waals surface area contributed by atoms with E-state index in [1.54, 1.807) is 36.1 Å². The highest BCUT2D eigenvalue weighted by Gasteiger charge is 2.43. The number of benzene rings is 3. The highest BCUT2D eigenvalue weighted by Crippen LogP contribution is 2.45. The van der Waals surface area contributed by atoms with Crippen molar-refractivity contribution in [3.05, 3.63) is 101 Å². The van der Waals surface area contributed by atoms with Crippen LogP contribution < -0.4 is 9.64 Å². The molecule has 0 radical (unpaired) electrons. The zero-order chi connectivity index (χ0) is 25.9. The molecule has 0 saturated heterocycles. The first kappa shape index (κ1) is 24.3. The number of aromatic nitrogens is 2. The number of carbonyl (C=O) groups is 2. The van der Waals surface area contributed by atoms with Crippen molar-refractivity contribution < 1.29 is 19.1 Å². The number of aryl methyl sites for hydroxylation is 1. The molecule has 4 aromatic rings. The number of nitrogens with one attached hydrogen (secondary N) is 1. The van der Waals surface area contributed by atoms with Crippen molar-refractivity contribution >= 4 is 17.6 Å². The molecule has 3 aromatic carbocycles. The number of ether oxygens (including phenoxy) is 2. The molecule has 0 spiro atoms. The third kappa shape index (κ3) is 4.48. The summed E-state index contributed by atoms with van der Waals surface area (Å²) in [6.07, 6.45) is 0.928. The van der Waals surface area contributed by atoms with Gasteiger partial charge in [-0.3, -0.25) is 14.8 Å². The maximum atomic E-state index is 13.8. The molecule has 1 aromatic heterocycles. The smallest absolute Gasteiger partial charge is 0.338 e. The van der Waals surface area contributed by atoms with Crippen LogP contribution in [0, 0.1) is 0 Å². The Morgan fingerprint density at radius 1 is 0.919 bits per heavy atom. The van der Waals surface area contributed by atoms with Crippen LogP contribution in [0.5, 0.6) is 5.75 Å². The van der Waals surface area contributed by atoms with Crippen molar-refractivity contribution in [3.8, 4) is 17.0 Å². The lowest BCUT2D eigenvalue weighted by atomic mass is 9.95. The molecule has 1 atom stereocenters. The molecule has 7 nitrogen and oxygen atoms in total. The molecule has 0 fully saturated rings. The predicted molar refractivity (Wildman–Crippen MR) is 142 cm³/mol. The fourth-order valence-corrected chi connectivity index (χ4v) is 4.73.